The van der Waals surface area contributed by atoms with Crippen molar-refractivity contribution in [1.82, 2.24) is 16.0 Å². The third-order valence-corrected chi connectivity index (χ3v) is 4.70. The van der Waals surface area contributed by atoms with Crippen molar-refractivity contribution in [3.63, 3.8) is 0 Å². The van der Waals surface area contributed by atoms with Crippen LogP contribution in [0.15, 0.2) is 30.3 Å². The van der Waals surface area contributed by atoms with Crippen molar-refractivity contribution in [3.05, 3.63) is 35.9 Å². The molecule has 0 aliphatic heterocycles. The Morgan fingerprint density at radius 2 is 1.79 bits per heavy atom. The summed E-state index contributed by atoms with van der Waals surface area (Å²) in [4.78, 5) is 36.0. The fourth-order valence-corrected chi connectivity index (χ4v) is 2.85. The van der Waals surface area contributed by atoms with Crippen LogP contribution in [0.1, 0.15) is 51.0 Å². The van der Waals surface area contributed by atoms with Crippen LogP contribution in [0.25, 0.3) is 0 Å². The smallest absolute Gasteiger partial charge is 0.407 e. The van der Waals surface area contributed by atoms with Gasteiger partial charge >= 0.3 is 6.09 Å². The topological polar surface area (TPSA) is 96.5 Å². The van der Waals surface area contributed by atoms with Crippen LogP contribution >= 0.6 is 15.9 Å². The maximum absolute atomic E-state index is 12.3. The molecule has 0 aromatic heterocycles. The van der Waals surface area contributed by atoms with Gasteiger partial charge in [-0.1, -0.05) is 53.2 Å². The number of halogens is 1. The van der Waals surface area contributed by atoms with Gasteiger partial charge in [0.05, 0.1) is 0 Å². The minimum Gasteiger partial charge on any atom is -0.445 e. The Hall–Kier alpha value is -2.09. The maximum atomic E-state index is 12.3. The van der Waals surface area contributed by atoms with Gasteiger partial charge in [0.25, 0.3) is 0 Å². The molecule has 1 rings (SSSR count). The van der Waals surface area contributed by atoms with E-state index in [0.29, 0.717) is 38.8 Å². The predicted molar refractivity (Wildman–Crippen MR) is 117 cm³/mol. The normalized spacial score (nSPS) is 11.4. The molecule has 1 unspecified atom stereocenters. The fourth-order valence-electron chi connectivity index (χ4n) is 2.57. The van der Waals surface area contributed by atoms with Gasteiger partial charge in [0.2, 0.25) is 11.8 Å². The maximum Gasteiger partial charge on any atom is 0.407 e. The summed E-state index contributed by atoms with van der Waals surface area (Å²) in [5.41, 5.74) is 0.930. The Balaban J connectivity index is 2.28. The molecule has 0 fully saturated rings. The minimum atomic E-state index is -0.547. The van der Waals surface area contributed by atoms with Gasteiger partial charge in [-0.05, 0) is 37.7 Å². The lowest BCUT2D eigenvalue weighted by Gasteiger charge is -2.18. The zero-order chi connectivity index (χ0) is 21.3. The van der Waals surface area contributed by atoms with E-state index >= 15 is 0 Å². The standard InChI is InChI=1S/C21H32BrN3O4/c1-2-14-23-20(27)18(25-19(26)12-8-13-22)11-6-7-15-24-21(28)29-16-17-9-4-3-5-10-17/h3-5,9-10,18H,2,6-8,11-16H2,1H3,(H,23,27)(H,24,28)(H,25,26). The number of ether oxygens (including phenoxy) is 1. The van der Waals surface area contributed by atoms with Gasteiger partial charge in [-0.15, -0.1) is 0 Å². The van der Waals surface area contributed by atoms with Gasteiger partial charge in [0.15, 0.2) is 0 Å². The molecule has 162 valence electrons. The first-order valence-corrected chi connectivity index (χ1v) is 11.3. The molecular formula is C21H32BrN3O4. The Bertz CT molecular complexity index is 613. The Morgan fingerprint density at radius 3 is 2.48 bits per heavy atom. The Kier molecular flexibility index (Phi) is 13.6. The number of hydrogen-bond acceptors (Lipinski definition) is 4. The summed E-state index contributed by atoms with van der Waals surface area (Å²) >= 11 is 3.30. The van der Waals surface area contributed by atoms with Crippen molar-refractivity contribution < 1.29 is 19.1 Å². The third kappa shape index (κ3) is 12.2. The molecule has 0 saturated carbocycles. The first-order chi connectivity index (χ1) is 14.1. The van der Waals surface area contributed by atoms with Crippen LogP contribution in [-0.4, -0.2) is 42.4 Å². The number of alkyl carbamates (subject to hydrolysis) is 1. The molecule has 3 N–H and O–H groups in total. The van der Waals surface area contributed by atoms with Crippen LogP contribution in [-0.2, 0) is 20.9 Å². The van der Waals surface area contributed by atoms with Gasteiger partial charge in [0, 0.05) is 24.8 Å². The van der Waals surface area contributed by atoms with E-state index in [4.69, 9.17) is 4.74 Å². The van der Waals surface area contributed by atoms with E-state index in [1.165, 1.54) is 0 Å². The van der Waals surface area contributed by atoms with E-state index in [0.717, 1.165) is 23.7 Å². The van der Waals surface area contributed by atoms with Gasteiger partial charge in [-0.2, -0.15) is 0 Å². The largest absolute Gasteiger partial charge is 0.445 e. The summed E-state index contributed by atoms with van der Waals surface area (Å²) < 4.78 is 5.15. The fraction of sp³-hybridized carbons (Fsp3) is 0.571. The number of carbonyl (C=O) groups excluding carboxylic acids is 3. The number of alkyl halides is 1. The zero-order valence-electron chi connectivity index (χ0n) is 17.0. The van der Waals surface area contributed by atoms with Crippen molar-refractivity contribution in [2.75, 3.05) is 18.4 Å². The summed E-state index contributed by atoms with van der Waals surface area (Å²) in [6.07, 6.45) is 3.40. The number of amides is 3. The monoisotopic (exact) mass is 469 g/mol. The second kappa shape index (κ2) is 15.8. The van der Waals surface area contributed by atoms with E-state index in [-0.39, 0.29) is 18.4 Å². The molecule has 0 bridgehead atoms. The number of benzene rings is 1. The van der Waals surface area contributed by atoms with Crippen molar-refractivity contribution in [3.8, 4) is 0 Å². The SMILES string of the molecule is CCCNC(=O)C(CCCCNC(=O)OCc1ccccc1)NC(=O)CCCBr. The second-order valence-corrected chi connectivity index (χ2v) is 7.48. The molecule has 1 atom stereocenters. The lowest BCUT2D eigenvalue weighted by molar-refractivity contribution is -0.129. The lowest BCUT2D eigenvalue weighted by atomic mass is 10.1. The molecule has 7 nitrogen and oxygen atoms in total. The van der Waals surface area contributed by atoms with Gasteiger partial charge < -0.3 is 20.7 Å². The number of unbranched alkanes of at least 4 members (excludes halogenated alkanes) is 1. The molecule has 8 heteroatoms. The van der Waals surface area contributed by atoms with Crippen molar-refractivity contribution in [2.24, 2.45) is 0 Å². The summed E-state index contributed by atoms with van der Waals surface area (Å²) in [6.45, 7) is 3.25. The van der Waals surface area contributed by atoms with Gasteiger partial charge in [-0.25, -0.2) is 4.79 Å². The zero-order valence-corrected chi connectivity index (χ0v) is 18.6. The summed E-state index contributed by atoms with van der Waals surface area (Å²) in [6, 6.07) is 8.93. The highest BCUT2D eigenvalue weighted by Crippen LogP contribution is 2.04. The average Bonchev–Trinajstić information content (AvgIpc) is 2.74. The molecule has 0 aliphatic carbocycles. The Labute approximate surface area is 181 Å². The Morgan fingerprint density at radius 1 is 1.03 bits per heavy atom. The van der Waals surface area contributed by atoms with Crippen molar-refractivity contribution in [1.29, 1.82) is 0 Å². The molecule has 1 aromatic carbocycles. The van der Waals surface area contributed by atoms with E-state index in [2.05, 4.69) is 31.9 Å². The highest BCUT2D eigenvalue weighted by molar-refractivity contribution is 9.09. The molecule has 0 radical (unpaired) electrons. The van der Waals surface area contributed by atoms with Crippen LogP contribution in [0.4, 0.5) is 4.79 Å². The number of nitrogens with one attached hydrogen (secondary N) is 3. The molecule has 1 aromatic rings. The first kappa shape index (κ1) is 24.9. The van der Waals surface area contributed by atoms with Crippen LogP contribution < -0.4 is 16.0 Å². The van der Waals surface area contributed by atoms with Crippen LogP contribution in [0, 0.1) is 0 Å². The molecule has 0 saturated heterocycles. The molecule has 29 heavy (non-hydrogen) atoms. The number of rotatable bonds is 14. The quantitative estimate of drug-likeness (QED) is 0.287. The molecular weight excluding hydrogens is 438 g/mol. The molecule has 0 spiro atoms. The third-order valence-electron chi connectivity index (χ3n) is 4.14. The number of carbonyl (C=O) groups is 3. The molecule has 0 aliphatic rings. The highest BCUT2D eigenvalue weighted by Gasteiger charge is 2.19. The van der Waals surface area contributed by atoms with E-state index in [9.17, 15) is 14.4 Å². The minimum absolute atomic E-state index is 0.122. The predicted octanol–water partition coefficient (Wildman–Crippen LogP) is 3.27. The summed E-state index contributed by atoms with van der Waals surface area (Å²) in [5, 5.41) is 9.10. The average molecular weight is 470 g/mol. The number of hydrogen-bond donors (Lipinski definition) is 3. The first-order valence-electron chi connectivity index (χ1n) is 10.1. The molecule has 0 heterocycles. The van der Waals surface area contributed by atoms with Crippen LogP contribution in [0.5, 0.6) is 0 Å². The summed E-state index contributed by atoms with van der Waals surface area (Å²) in [5.74, 6) is -0.280. The van der Waals surface area contributed by atoms with E-state index in [1.54, 1.807) is 0 Å². The van der Waals surface area contributed by atoms with Crippen molar-refractivity contribution >= 4 is 33.8 Å². The van der Waals surface area contributed by atoms with Crippen molar-refractivity contribution in [2.45, 2.75) is 58.1 Å². The van der Waals surface area contributed by atoms with Crippen LogP contribution in [0.3, 0.4) is 0 Å². The van der Waals surface area contributed by atoms with E-state index < -0.39 is 12.1 Å². The van der Waals surface area contributed by atoms with Gasteiger partial charge in [-0.3, -0.25) is 9.59 Å². The van der Waals surface area contributed by atoms with Gasteiger partial charge in [0.1, 0.15) is 12.6 Å². The summed E-state index contributed by atoms with van der Waals surface area (Å²) in [7, 11) is 0. The van der Waals surface area contributed by atoms with Crippen LogP contribution in [0.2, 0.25) is 0 Å². The lowest BCUT2D eigenvalue weighted by Crippen LogP contribution is -2.47. The van der Waals surface area contributed by atoms with E-state index in [1.807, 2.05) is 37.3 Å². The second-order valence-electron chi connectivity index (χ2n) is 6.69. The molecule has 3 amide bonds. The highest BCUT2D eigenvalue weighted by atomic mass is 79.9.